The molecule has 5 rings (SSSR count). The highest BCUT2D eigenvalue weighted by Crippen LogP contribution is 2.38. The van der Waals surface area contributed by atoms with Gasteiger partial charge in [-0.05, 0) is 66.7 Å². The first-order chi connectivity index (χ1) is 18.0. The maximum absolute atomic E-state index is 13.5. The van der Waals surface area contributed by atoms with E-state index in [2.05, 4.69) is 26.6 Å². The van der Waals surface area contributed by atoms with Crippen molar-refractivity contribution in [3.05, 3.63) is 130 Å². The second kappa shape index (κ2) is 10.9. The molecule has 6 nitrogen and oxygen atoms in total. The lowest BCUT2D eigenvalue weighted by molar-refractivity contribution is -0.120. The molecule has 2 N–H and O–H groups in total. The number of nitrogens with one attached hydrogen (secondary N) is 2. The highest BCUT2D eigenvalue weighted by atomic mass is 79.9. The van der Waals surface area contributed by atoms with Crippen LogP contribution in [0, 0.1) is 0 Å². The Labute approximate surface area is 226 Å². The maximum Gasteiger partial charge on any atom is 0.283 e. The van der Waals surface area contributed by atoms with Crippen molar-refractivity contribution >= 4 is 62.5 Å². The lowest BCUT2D eigenvalue weighted by Crippen LogP contribution is -2.32. The van der Waals surface area contributed by atoms with Gasteiger partial charge in [0.15, 0.2) is 0 Å². The van der Waals surface area contributed by atoms with Crippen LogP contribution in [0.5, 0.6) is 0 Å². The Balaban J connectivity index is 1.44. The highest BCUT2D eigenvalue weighted by molar-refractivity contribution is 9.10. The number of carbonyl (C=O) groups excluding carboxylic acids is 3. The smallest absolute Gasteiger partial charge is 0.283 e. The minimum absolute atomic E-state index is 0.203. The SMILES string of the molecule is O=C(Nc1cccc(SC2=C(Nc3ccccc3)C(=O)N(c3ccccc3)C2=O)c1)c1ccc(Br)cc1. The van der Waals surface area contributed by atoms with E-state index in [-0.39, 0.29) is 16.5 Å². The van der Waals surface area contributed by atoms with Gasteiger partial charge in [-0.1, -0.05) is 70.2 Å². The molecule has 0 bridgehead atoms. The van der Waals surface area contributed by atoms with Crippen molar-refractivity contribution in [1.29, 1.82) is 0 Å². The third-order valence-electron chi connectivity index (χ3n) is 5.52. The summed E-state index contributed by atoms with van der Waals surface area (Å²) >= 11 is 4.54. The van der Waals surface area contributed by atoms with Crippen molar-refractivity contribution in [2.45, 2.75) is 4.90 Å². The van der Waals surface area contributed by atoms with Gasteiger partial charge in [0.25, 0.3) is 17.7 Å². The molecule has 8 heteroatoms. The molecule has 0 spiro atoms. The monoisotopic (exact) mass is 569 g/mol. The van der Waals surface area contributed by atoms with Crippen molar-refractivity contribution in [2.24, 2.45) is 0 Å². The minimum Gasteiger partial charge on any atom is -0.350 e. The van der Waals surface area contributed by atoms with Crippen LogP contribution in [0.25, 0.3) is 0 Å². The Kier molecular flexibility index (Phi) is 7.20. The number of para-hydroxylation sites is 2. The van der Waals surface area contributed by atoms with Crippen LogP contribution < -0.4 is 15.5 Å². The van der Waals surface area contributed by atoms with E-state index < -0.39 is 11.8 Å². The topological polar surface area (TPSA) is 78.5 Å². The molecule has 4 aromatic rings. The van der Waals surface area contributed by atoms with Crippen molar-refractivity contribution < 1.29 is 14.4 Å². The third-order valence-corrected chi connectivity index (χ3v) is 7.12. The highest BCUT2D eigenvalue weighted by Gasteiger charge is 2.40. The Bertz CT molecular complexity index is 1510. The number of hydrogen-bond acceptors (Lipinski definition) is 5. The normalized spacial score (nSPS) is 13.2. The van der Waals surface area contributed by atoms with Gasteiger partial charge in [0.1, 0.15) is 10.6 Å². The molecule has 182 valence electrons. The van der Waals surface area contributed by atoms with Crippen LogP contribution in [-0.4, -0.2) is 17.7 Å². The van der Waals surface area contributed by atoms with E-state index in [1.54, 1.807) is 66.7 Å². The Hall–Kier alpha value is -4.14. The summed E-state index contributed by atoms with van der Waals surface area (Å²) in [6.07, 6.45) is 0. The molecule has 0 aliphatic carbocycles. The first kappa shape index (κ1) is 24.5. The van der Waals surface area contributed by atoms with E-state index in [1.165, 1.54) is 16.7 Å². The Morgan fingerprint density at radius 1 is 0.730 bits per heavy atom. The number of hydrogen-bond donors (Lipinski definition) is 2. The summed E-state index contributed by atoms with van der Waals surface area (Å²) in [5.74, 6) is -1.09. The van der Waals surface area contributed by atoms with Crippen molar-refractivity contribution in [2.75, 3.05) is 15.5 Å². The van der Waals surface area contributed by atoms with Gasteiger partial charge in [0, 0.05) is 26.3 Å². The van der Waals surface area contributed by atoms with Gasteiger partial charge in [-0.3, -0.25) is 14.4 Å². The number of benzene rings is 4. The number of nitrogens with zero attached hydrogens (tertiary/aromatic N) is 1. The molecule has 0 unspecified atom stereocenters. The molecule has 0 saturated heterocycles. The number of thioether (sulfide) groups is 1. The number of rotatable bonds is 7. The number of amides is 3. The average Bonchev–Trinajstić information content (AvgIpc) is 3.14. The van der Waals surface area contributed by atoms with Crippen molar-refractivity contribution in [3.63, 3.8) is 0 Å². The predicted octanol–water partition coefficient (Wildman–Crippen LogP) is 6.69. The first-order valence-corrected chi connectivity index (χ1v) is 13.0. The van der Waals surface area contributed by atoms with Crippen molar-refractivity contribution in [1.82, 2.24) is 0 Å². The van der Waals surface area contributed by atoms with Gasteiger partial charge >= 0.3 is 0 Å². The van der Waals surface area contributed by atoms with Gasteiger partial charge < -0.3 is 10.6 Å². The van der Waals surface area contributed by atoms with Gasteiger partial charge in [-0.25, -0.2) is 4.90 Å². The van der Waals surface area contributed by atoms with Gasteiger partial charge in [-0.2, -0.15) is 0 Å². The fourth-order valence-electron chi connectivity index (χ4n) is 3.75. The Morgan fingerprint density at radius 3 is 2.08 bits per heavy atom. The van der Waals surface area contributed by atoms with Crippen LogP contribution in [-0.2, 0) is 9.59 Å². The van der Waals surface area contributed by atoms with E-state index in [4.69, 9.17) is 0 Å². The van der Waals surface area contributed by atoms with E-state index >= 15 is 0 Å². The molecule has 0 saturated carbocycles. The summed E-state index contributed by atoms with van der Waals surface area (Å²) in [6, 6.07) is 32.3. The molecular formula is C29H20BrN3O3S. The second-order valence-electron chi connectivity index (χ2n) is 8.07. The third kappa shape index (κ3) is 5.50. The zero-order valence-electron chi connectivity index (χ0n) is 19.4. The molecule has 0 fully saturated rings. The first-order valence-electron chi connectivity index (χ1n) is 11.3. The van der Waals surface area contributed by atoms with E-state index in [1.807, 2.05) is 42.5 Å². The zero-order valence-corrected chi connectivity index (χ0v) is 21.8. The summed E-state index contributed by atoms with van der Waals surface area (Å²) in [5.41, 5.74) is 2.49. The maximum atomic E-state index is 13.5. The van der Waals surface area contributed by atoms with Gasteiger partial charge in [-0.15, -0.1) is 0 Å². The quantitative estimate of drug-likeness (QED) is 0.242. The van der Waals surface area contributed by atoms with E-state index in [0.717, 1.165) is 4.47 Å². The van der Waals surface area contributed by atoms with Gasteiger partial charge in [0.05, 0.1) is 5.69 Å². The number of carbonyl (C=O) groups is 3. The van der Waals surface area contributed by atoms with Crippen LogP contribution in [0.3, 0.4) is 0 Å². The summed E-state index contributed by atoms with van der Waals surface area (Å²) < 4.78 is 0.885. The summed E-state index contributed by atoms with van der Waals surface area (Å²) in [7, 11) is 0. The van der Waals surface area contributed by atoms with E-state index in [9.17, 15) is 14.4 Å². The molecule has 0 radical (unpaired) electrons. The second-order valence-corrected chi connectivity index (χ2v) is 10.1. The molecule has 3 amide bonds. The molecule has 37 heavy (non-hydrogen) atoms. The minimum atomic E-state index is -0.428. The molecule has 0 aromatic heterocycles. The summed E-state index contributed by atoms with van der Waals surface area (Å²) in [5, 5.41) is 6.02. The lowest BCUT2D eigenvalue weighted by atomic mass is 10.2. The average molecular weight is 570 g/mol. The fourth-order valence-corrected chi connectivity index (χ4v) is 5.00. The number of anilines is 3. The molecule has 4 aromatic carbocycles. The molecule has 1 aliphatic rings. The van der Waals surface area contributed by atoms with Crippen LogP contribution in [0.1, 0.15) is 10.4 Å². The summed E-state index contributed by atoms with van der Waals surface area (Å²) in [6.45, 7) is 0. The molecule has 1 aliphatic heterocycles. The molecular weight excluding hydrogens is 550 g/mol. The molecule has 1 heterocycles. The predicted molar refractivity (Wildman–Crippen MR) is 150 cm³/mol. The van der Waals surface area contributed by atoms with Crippen LogP contribution in [0.2, 0.25) is 0 Å². The Morgan fingerprint density at radius 2 is 1.38 bits per heavy atom. The van der Waals surface area contributed by atoms with Crippen LogP contribution in [0.15, 0.2) is 129 Å². The largest absolute Gasteiger partial charge is 0.350 e. The standard InChI is InChI=1S/C29H20BrN3O3S/c30-20-16-14-19(15-17-20)27(34)32-22-10-7-13-24(18-22)37-26-25(31-21-8-3-1-4-9-21)28(35)33(29(26)36)23-11-5-2-6-12-23/h1-18,31H,(H,32,34). The number of imide groups is 1. The van der Waals surface area contributed by atoms with Crippen LogP contribution in [0.4, 0.5) is 17.1 Å². The zero-order chi connectivity index (χ0) is 25.8. The fraction of sp³-hybridized carbons (Fsp3) is 0. The van der Waals surface area contributed by atoms with E-state index in [0.29, 0.717) is 27.5 Å². The van der Waals surface area contributed by atoms with Crippen molar-refractivity contribution in [3.8, 4) is 0 Å². The van der Waals surface area contributed by atoms with Gasteiger partial charge in [0.2, 0.25) is 0 Å². The van der Waals surface area contributed by atoms with Crippen LogP contribution >= 0.6 is 27.7 Å². The number of halogens is 1. The molecule has 0 atom stereocenters. The summed E-state index contributed by atoms with van der Waals surface area (Å²) in [4.78, 5) is 41.8. The lowest BCUT2D eigenvalue weighted by Gasteiger charge is -2.15.